The number of aromatic nitrogens is 1. The van der Waals surface area contributed by atoms with Gasteiger partial charge in [0, 0.05) is 17.6 Å². The van der Waals surface area contributed by atoms with Gasteiger partial charge in [-0.25, -0.2) is 0 Å². The highest BCUT2D eigenvalue weighted by atomic mass is 16.1. The van der Waals surface area contributed by atoms with Gasteiger partial charge in [0.05, 0.1) is 11.1 Å². The summed E-state index contributed by atoms with van der Waals surface area (Å²) in [5, 5.41) is 4.08. The molecule has 1 aromatic heterocycles. The first-order valence-electron chi connectivity index (χ1n) is 7.79. The molecule has 0 aliphatic rings. The van der Waals surface area contributed by atoms with E-state index in [1.165, 1.54) is 0 Å². The Morgan fingerprint density at radius 1 is 1.24 bits per heavy atom. The largest absolute Gasteiger partial charge is 0.350 e. The van der Waals surface area contributed by atoms with E-state index in [2.05, 4.69) is 31.1 Å². The van der Waals surface area contributed by atoms with Crippen molar-refractivity contribution in [2.75, 3.05) is 0 Å². The molecule has 0 spiro atoms. The van der Waals surface area contributed by atoms with E-state index in [0.29, 0.717) is 11.5 Å². The fourth-order valence-corrected chi connectivity index (χ4v) is 2.68. The van der Waals surface area contributed by atoms with Crippen LogP contribution in [0.1, 0.15) is 50.4 Å². The van der Waals surface area contributed by atoms with Crippen LogP contribution in [0.3, 0.4) is 0 Å². The third-order valence-electron chi connectivity index (χ3n) is 4.07. The molecule has 0 radical (unpaired) electrons. The second kappa shape index (κ2) is 7.21. The smallest absolute Gasteiger partial charge is 0.253 e. The van der Waals surface area contributed by atoms with Crippen LogP contribution in [0.15, 0.2) is 36.5 Å². The van der Waals surface area contributed by atoms with Crippen molar-refractivity contribution < 1.29 is 4.79 Å². The summed E-state index contributed by atoms with van der Waals surface area (Å²) in [5.74, 6) is 0.640. The summed E-state index contributed by atoms with van der Waals surface area (Å²) in [6.07, 6.45) is 5.00. The molecule has 1 aromatic carbocycles. The Morgan fingerprint density at radius 3 is 2.67 bits per heavy atom. The summed E-state index contributed by atoms with van der Waals surface area (Å²) >= 11 is 0. The minimum Gasteiger partial charge on any atom is -0.350 e. The van der Waals surface area contributed by atoms with Gasteiger partial charge < -0.3 is 5.32 Å². The third kappa shape index (κ3) is 4.03. The molecule has 0 saturated heterocycles. The standard InChI is InChI=1S/C18H24N2O/c1-4-14(5-2)10-13(3)20-18(21)16-11-15-8-6-7-9-17(15)19-12-16/h6-9,11-14H,4-5,10H2,1-3H3,(H,20,21). The molecule has 0 aliphatic carbocycles. The number of nitrogens with one attached hydrogen (secondary N) is 1. The van der Waals surface area contributed by atoms with E-state index in [1.807, 2.05) is 30.3 Å². The highest BCUT2D eigenvalue weighted by Gasteiger charge is 2.14. The lowest BCUT2D eigenvalue weighted by molar-refractivity contribution is 0.0934. The number of para-hydroxylation sites is 1. The minimum atomic E-state index is -0.0355. The molecular weight excluding hydrogens is 260 g/mol. The number of rotatable bonds is 6. The maximum Gasteiger partial charge on any atom is 0.253 e. The summed E-state index contributed by atoms with van der Waals surface area (Å²) in [7, 11) is 0. The predicted octanol–water partition coefficient (Wildman–Crippen LogP) is 4.18. The number of hydrogen-bond acceptors (Lipinski definition) is 2. The van der Waals surface area contributed by atoms with Crippen LogP contribution in [0, 0.1) is 5.92 Å². The van der Waals surface area contributed by atoms with Gasteiger partial charge in [0.15, 0.2) is 0 Å². The summed E-state index contributed by atoms with van der Waals surface area (Å²) in [6, 6.07) is 9.93. The molecule has 2 rings (SSSR count). The fourth-order valence-electron chi connectivity index (χ4n) is 2.68. The van der Waals surface area contributed by atoms with Crippen molar-refractivity contribution in [1.29, 1.82) is 0 Å². The van der Waals surface area contributed by atoms with Gasteiger partial charge in [-0.05, 0) is 31.4 Å². The summed E-state index contributed by atoms with van der Waals surface area (Å²) in [4.78, 5) is 16.6. The van der Waals surface area contributed by atoms with Crippen molar-refractivity contribution >= 4 is 16.8 Å². The molecule has 1 amide bonds. The first-order valence-corrected chi connectivity index (χ1v) is 7.79. The van der Waals surface area contributed by atoms with Gasteiger partial charge in [0.1, 0.15) is 0 Å². The first-order chi connectivity index (χ1) is 10.1. The van der Waals surface area contributed by atoms with Gasteiger partial charge in [-0.2, -0.15) is 0 Å². The number of amides is 1. The monoisotopic (exact) mass is 284 g/mol. The maximum absolute atomic E-state index is 12.3. The molecular formula is C18H24N2O. The minimum absolute atomic E-state index is 0.0355. The topological polar surface area (TPSA) is 42.0 Å². The second-order valence-electron chi connectivity index (χ2n) is 5.71. The lowest BCUT2D eigenvalue weighted by atomic mass is 9.95. The lowest BCUT2D eigenvalue weighted by Crippen LogP contribution is -2.34. The zero-order valence-electron chi connectivity index (χ0n) is 13.1. The van der Waals surface area contributed by atoms with E-state index in [4.69, 9.17) is 0 Å². The van der Waals surface area contributed by atoms with Crippen molar-refractivity contribution in [3.63, 3.8) is 0 Å². The molecule has 0 aliphatic heterocycles. The Hall–Kier alpha value is -1.90. The Morgan fingerprint density at radius 2 is 1.95 bits per heavy atom. The average molecular weight is 284 g/mol. The number of carbonyl (C=O) groups is 1. The second-order valence-corrected chi connectivity index (χ2v) is 5.71. The summed E-state index contributed by atoms with van der Waals surface area (Å²) < 4.78 is 0. The van der Waals surface area contributed by atoms with Crippen LogP contribution in [-0.2, 0) is 0 Å². The van der Waals surface area contributed by atoms with Gasteiger partial charge in [0.2, 0.25) is 0 Å². The van der Waals surface area contributed by atoms with Crippen molar-refractivity contribution in [1.82, 2.24) is 10.3 Å². The van der Waals surface area contributed by atoms with Crippen LogP contribution >= 0.6 is 0 Å². The maximum atomic E-state index is 12.3. The Balaban J connectivity index is 2.04. The summed E-state index contributed by atoms with van der Waals surface area (Å²) in [5.41, 5.74) is 1.55. The third-order valence-corrected chi connectivity index (χ3v) is 4.07. The van der Waals surface area contributed by atoms with Crippen LogP contribution in [0.25, 0.3) is 10.9 Å². The van der Waals surface area contributed by atoms with Gasteiger partial charge in [0.25, 0.3) is 5.91 Å². The molecule has 2 aromatic rings. The molecule has 0 saturated carbocycles. The predicted molar refractivity (Wildman–Crippen MR) is 87.4 cm³/mol. The number of benzene rings is 1. The highest BCUT2D eigenvalue weighted by molar-refractivity contribution is 5.97. The Bertz CT molecular complexity index is 605. The number of nitrogens with zero attached hydrogens (tertiary/aromatic N) is 1. The zero-order valence-corrected chi connectivity index (χ0v) is 13.1. The van der Waals surface area contributed by atoms with Crippen molar-refractivity contribution in [3.8, 4) is 0 Å². The number of hydrogen-bond donors (Lipinski definition) is 1. The number of fused-ring (bicyclic) bond motifs is 1. The first kappa shape index (κ1) is 15.5. The summed E-state index contributed by atoms with van der Waals surface area (Å²) in [6.45, 7) is 6.48. The molecule has 21 heavy (non-hydrogen) atoms. The molecule has 0 fully saturated rings. The molecule has 112 valence electrons. The van der Waals surface area contributed by atoms with Crippen molar-refractivity contribution in [2.24, 2.45) is 5.92 Å². The van der Waals surface area contributed by atoms with E-state index in [-0.39, 0.29) is 11.9 Å². The van der Waals surface area contributed by atoms with Gasteiger partial charge in [-0.1, -0.05) is 44.9 Å². The average Bonchev–Trinajstić information content (AvgIpc) is 2.52. The molecule has 1 atom stereocenters. The molecule has 0 bridgehead atoms. The fraction of sp³-hybridized carbons (Fsp3) is 0.444. The van der Waals surface area contributed by atoms with Crippen LogP contribution < -0.4 is 5.32 Å². The van der Waals surface area contributed by atoms with Crippen molar-refractivity contribution in [3.05, 3.63) is 42.1 Å². The van der Waals surface area contributed by atoms with Gasteiger partial charge in [-0.3, -0.25) is 9.78 Å². The van der Waals surface area contributed by atoms with Gasteiger partial charge in [-0.15, -0.1) is 0 Å². The zero-order chi connectivity index (χ0) is 15.2. The van der Waals surface area contributed by atoms with E-state index >= 15 is 0 Å². The molecule has 1 N–H and O–H groups in total. The van der Waals surface area contributed by atoms with Crippen LogP contribution in [0.2, 0.25) is 0 Å². The van der Waals surface area contributed by atoms with Crippen LogP contribution in [0.5, 0.6) is 0 Å². The van der Waals surface area contributed by atoms with Crippen LogP contribution in [0.4, 0.5) is 0 Å². The van der Waals surface area contributed by atoms with Gasteiger partial charge >= 0.3 is 0 Å². The van der Waals surface area contributed by atoms with E-state index in [0.717, 1.165) is 30.2 Å². The van der Waals surface area contributed by atoms with E-state index in [9.17, 15) is 4.79 Å². The lowest BCUT2D eigenvalue weighted by Gasteiger charge is -2.19. The normalized spacial score (nSPS) is 12.6. The van der Waals surface area contributed by atoms with Crippen molar-refractivity contribution in [2.45, 2.75) is 46.1 Å². The molecule has 3 nitrogen and oxygen atoms in total. The number of pyridine rings is 1. The quantitative estimate of drug-likeness (QED) is 0.864. The molecule has 3 heteroatoms. The van der Waals surface area contributed by atoms with Crippen LogP contribution in [-0.4, -0.2) is 16.9 Å². The Kier molecular flexibility index (Phi) is 5.32. The molecule has 1 heterocycles. The SMILES string of the molecule is CCC(CC)CC(C)NC(=O)c1cnc2ccccc2c1. The Labute approximate surface area is 126 Å². The van der Waals surface area contributed by atoms with E-state index < -0.39 is 0 Å². The van der Waals surface area contributed by atoms with E-state index in [1.54, 1.807) is 6.20 Å². The highest BCUT2D eigenvalue weighted by Crippen LogP contribution is 2.16. The molecule has 1 unspecified atom stereocenters. The number of carbonyl (C=O) groups excluding carboxylic acids is 1.